The van der Waals surface area contributed by atoms with Crippen molar-refractivity contribution < 1.29 is 18.4 Å². The van der Waals surface area contributed by atoms with Gasteiger partial charge in [0.2, 0.25) is 0 Å². The molecule has 0 spiro atoms. The summed E-state index contributed by atoms with van der Waals surface area (Å²) < 4.78 is 19.7. The summed E-state index contributed by atoms with van der Waals surface area (Å²) in [5, 5.41) is 6.42. The summed E-state index contributed by atoms with van der Waals surface area (Å²) in [5.41, 5.74) is 6.90. The van der Waals surface area contributed by atoms with Gasteiger partial charge in [0.05, 0.1) is 5.56 Å². The second-order valence-corrected chi connectivity index (χ2v) is 12.1. The van der Waals surface area contributed by atoms with Crippen molar-refractivity contribution in [3.05, 3.63) is 107 Å². The van der Waals surface area contributed by atoms with Crippen molar-refractivity contribution in [2.24, 2.45) is 11.8 Å². The molecule has 0 fully saturated rings. The van der Waals surface area contributed by atoms with Crippen LogP contribution in [0, 0.1) is 17.7 Å². The molecule has 0 bridgehead atoms. The van der Waals surface area contributed by atoms with Gasteiger partial charge in [-0.2, -0.15) is 0 Å². The van der Waals surface area contributed by atoms with Crippen molar-refractivity contribution in [3.63, 3.8) is 0 Å². The Labute approximate surface area is 258 Å². The Bertz CT molecular complexity index is 1780. The standard InChI is InChI=1S/C38H39FN2O3/c1-23(2)6-7-25-8-10-26(11-9-25)31-18-14-28(20-32(31)37(42)41-22-24(3)4)29-15-19-34-33(21-29)35(38(43)40-5)36(44-34)27-12-16-30(39)17-13-27/h8-21,23-24H,6-7,22H2,1-5H3,(H,40,43)(H,41,42). The molecule has 0 unspecified atom stereocenters. The highest BCUT2D eigenvalue weighted by Crippen LogP contribution is 2.37. The number of hydrogen-bond donors (Lipinski definition) is 2. The average molecular weight is 591 g/mol. The molecule has 5 aromatic rings. The monoisotopic (exact) mass is 590 g/mol. The lowest BCUT2D eigenvalue weighted by atomic mass is 9.92. The van der Waals surface area contributed by atoms with E-state index in [1.807, 2.05) is 36.4 Å². The summed E-state index contributed by atoms with van der Waals surface area (Å²) in [6.45, 7) is 9.16. The maximum atomic E-state index is 13.6. The molecular formula is C38H39FN2O3. The molecule has 5 nitrogen and oxygen atoms in total. The number of carbonyl (C=O) groups excluding carboxylic acids is 2. The molecule has 0 saturated heterocycles. The maximum absolute atomic E-state index is 13.6. The predicted octanol–water partition coefficient (Wildman–Crippen LogP) is 8.91. The number of furan rings is 1. The maximum Gasteiger partial charge on any atom is 0.255 e. The molecule has 6 heteroatoms. The third-order valence-electron chi connectivity index (χ3n) is 7.79. The summed E-state index contributed by atoms with van der Waals surface area (Å²) in [5.74, 6) is 0.522. The molecule has 5 rings (SSSR count). The predicted molar refractivity (Wildman–Crippen MR) is 176 cm³/mol. The normalized spacial score (nSPS) is 11.4. The number of aryl methyl sites for hydroxylation is 1. The summed E-state index contributed by atoms with van der Waals surface area (Å²) in [6, 6.07) is 25.9. The van der Waals surface area contributed by atoms with Gasteiger partial charge >= 0.3 is 0 Å². The molecule has 2 amide bonds. The molecule has 1 heterocycles. The van der Waals surface area contributed by atoms with Crippen LogP contribution < -0.4 is 10.6 Å². The minimum atomic E-state index is -0.368. The van der Waals surface area contributed by atoms with E-state index < -0.39 is 0 Å². The first kappa shape index (κ1) is 30.7. The number of halogens is 1. The molecule has 4 aromatic carbocycles. The Hall–Kier alpha value is -4.71. The lowest BCUT2D eigenvalue weighted by molar-refractivity contribution is 0.0946. The van der Waals surface area contributed by atoms with Crippen LogP contribution in [0.25, 0.3) is 44.5 Å². The Morgan fingerprint density at radius 2 is 1.39 bits per heavy atom. The van der Waals surface area contributed by atoms with Crippen LogP contribution in [0.5, 0.6) is 0 Å². The zero-order chi connectivity index (χ0) is 31.4. The average Bonchev–Trinajstić information content (AvgIpc) is 3.41. The van der Waals surface area contributed by atoms with Gasteiger partial charge in [0, 0.05) is 30.1 Å². The minimum absolute atomic E-state index is 0.131. The first-order chi connectivity index (χ1) is 21.1. The third-order valence-corrected chi connectivity index (χ3v) is 7.79. The fourth-order valence-corrected chi connectivity index (χ4v) is 5.29. The molecule has 2 N–H and O–H groups in total. The van der Waals surface area contributed by atoms with Gasteiger partial charge in [-0.1, -0.05) is 70.2 Å². The van der Waals surface area contributed by atoms with E-state index in [2.05, 4.69) is 62.6 Å². The van der Waals surface area contributed by atoms with E-state index in [4.69, 9.17) is 4.42 Å². The molecule has 0 saturated carbocycles. The number of hydrogen-bond acceptors (Lipinski definition) is 3. The van der Waals surface area contributed by atoms with Crippen LogP contribution in [-0.2, 0) is 6.42 Å². The van der Waals surface area contributed by atoms with Crippen molar-refractivity contribution in [2.45, 2.75) is 40.5 Å². The summed E-state index contributed by atoms with van der Waals surface area (Å²) in [6.07, 6.45) is 2.15. The molecule has 0 atom stereocenters. The quantitative estimate of drug-likeness (QED) is 0.171. The molecule has 44 heavy (non-hydrogen) atoms. The van der Waals surface area contributed by atoms with Gasteiger partial charge in [-0.3, -0.25) is 9.59 Å². The lowest BCUT2D eigenvalue weighted by Crippen LogP contribution is -2.27. The van der Waals surface area contributed by atoms with Crippen molar-refractivity contribution in [2.75, 3.05) is 13.6 Å². The second-order valence-electron chi connectivity index (χ2n) is 12.1. The van der Waals surface area contributed by atoms with Crippen molar-refractivity contribution in [1.29, 1.82) is 0 Å². The van der Waals surface area contributed by atoms with Crippen LogP contribution in [0.4, 0.5) is 4.39 Å². The van der Waals surface area contributed by atoms with Crippen molar-refractivity contribution in [3.8, 4) is 33.6 Å². The van der Waals surface area contributed by atoms with E-state index >= 15 is 0 Å². The molecular weight excluding hydrogens is 551 g/mol. The molecule has 0 aliphatic heterocycles. The van der Waals surface area contributed by atoms with Crippen molar-refractivity contribution >= 4 is 22.8 Å². The number of fused-ring (bicyclic) bond motifs is 1. The smallest absolute Gasteiger partial charge is 0.255 e. The van der Waals surface area contributed by atoms with Crippen LogP contribution in [-0.4, -0.2) is 25.4 Å². The summed E-state index contributed by atoms with van der Waals surface area (Å²) >= 11 is 0. The van der Waals surface area contributed by atoms with E-state index in [-0.39, 0.29) is 17.6 Å². The lowest BCUT2D eigenvalue weighted by Gasteiger charge is -2.15. The fraction of sp³-hybridized carbons (Fsp3) is 0.263. The molecule has 0 radical (unpaired) electrons. The fourth-order valence-electron chi connectivity index (χ4n) is 5.29. The van der Waals surface area contributed by atoms with E-state index in [0.717, 1.165) is 35.1 Å². The van der Waals surface area contributed by atoms with Crippen LogP contribution in [0.3, 0.4) is 0 Å². The summed E-state index contributed by atoms with van der Waals surface area (Å²) in [7, 11) is 1.57. The minimum Gasteiger partial charge on any atom is -0.455 e. The van der Waals surface area contributed by atoms with Crippen molar-refractivity contribution in [1.82, 2.24) is 10.6 Å². The molecule has 0 aliphatic carbocycles. The Balaban J connectivity index is 1.58. The van der Waals surface area contributed by atoms with E-state index in [9.17, 15) is 14.0 Å². The Kier molecular flexibility index (Phi) is 9.29. The van der Waals surface area contributed by atoms with Crippen LogP contribution in [0.15, 0.2) is 89.3 Å². The van der Waals surface area contributed by atoms with Crippen LogP contribution in [0.1, 0.15) is 60.4 Å². The van der Waals surface area contributed by atoms with E-state index in [1.165, 1.54) is 17.7 Å². The van der Waals surface area contributed by atoms with Gasteiger partial charge in [0.15, 0.2) is 0 Å². The zero-order valence-electron chi connectivity index (χ0n) is 26.0. The van der Waals surface area contributed by atoms with Gasteiger partial charge in [0.1, 0.15) is 17.2 Å². The number of rotatable bonds is 10. The largest absolute Gasteiger partial charge is 0.455 e. The third kappa shape index (κ3) is 6.75. The number of carbonyl (C=O) groups is 2. The highest BCUT2D eigenvalue weighted by atomic mass is 19.1. The second kappa shape index (κ2) is 13.3. The van der Waals surface area contributed by atoms with E-state index in [1.54, 1.807) is 19.2 Å². The van der Waals surface area contributed by atoms with Gasteiger partial charge in [-0.05, 0) is 95.0 Å². The van der Waals surface area contributed by atoms with E-state index in [0.29, 0.717) is 51.8 Å². The summed E-state index contributed by atoms with van der Waals surface area (Å²) in [4.78, 5) is 26.6. The first-order valence-electron chi connectivity index (χ1n) is 15.2. The Morgan fingerprint density at radius 3 is 2.05 bits per heavy atom. The number of nitrogens with one attached hydrogen (secondary N) is 2. The zero-order valence-corrected chi connectivity index (χ0v) is 26.0. The first-order valence-corrected chi connectivity index (χ1v) is 15.2. The van der Waals surface area contributed by atoms with Gasteiger partial charge in [-0.15, -0.1) is 0 Å². The molecule has 226 valence electrons. The van der Waals surface area contributed by atoms with Gasteiger partial charge < -0.3 is 15.1 Å². The highest BCUT2D eigenvalue weighted by Gasteiger charge is 2.23. The number of amides is 2. The molecule has 1 aromatic heterocycles. The van der Waals surface area contributed by atoms with Gasteiger partial charge in [-0.25, -0.2) is 4.39 Å². The van der Waals surface area contributed by atoms with Crippen LogP contribution >= 0.6 is 0 Å². The SMILES string of the molecule is CNC(=O)c1c(-c2ccc(F)cc2)oc2ccc(-c3ccc(-c4ccc(CCC(C)C)cc4)c(C(=O)NCC(C)C)c3)cc12. The highest BCUT2D eigenvalue weighted by molar-refractivity contribution is 6.12. The van der Waals surface area contributed by atoms with Crippen LogP contribution in [0.2, 0.25) is 0 Å². The van der Waals surface area contributed by atoms with Gasteiger partial charge in [0.25, 0.3) is 11.8 Å². The number of benzene rings is 4. The Morgan fingerprint density at radius 1 is 0.750 bits per heavy atom. The topological polar surface area (TPSA) is 71.3 Å². The molecule has 0 aliphatic rings.